The van der Waals surface area contributed by atoms with Crippen LogP contribution in [0.15, 0.2) is 36.0 Å². The van der Waals surface area contributed by atoms with Crippen molar-refractivity contribution in [3.8, 4) is 5.75 Å². The van der Waals surface area contributed by atoms with Gasteiger partial charge in [-0.3, -0.25) is 9.48 Å². The third kappa shape index (κ3) is 4.79. The minimum Gasteiger partial charge on any atom is -0.488 e. The van der Waals surface area contributed by atoms with Gasteiger partial charge in [0, 0.05) is 6.20 Å². The molecule has 0 atom stereocenters. The maximum absolute atomic E-state index is 13.7. The zero-order valence-corrected chi connectivity index (χ0v) is 15.1. The molecule has 1 aliphatic rings. The van der Waals surface area contributed by atoms with Crippen LogP contribution in [0.3, 0.4) is 0 Å². The maximum Gasteiger partial charge on any atom is 0.390 e. The molecule has 0 unspecified atom stereocenters. The molecule has 0 N–H and O–H groups in total. The van der Waals surface area contributed by atoms with Crippen molar-refractivity contribution in [3.63, 3.8) is 0 Å². The monoisotopic (exact) mass is 396 g/mol. The summed E-state index contributed by atoms with van der Waals surface area (Å²) >= 11 is 0. The van der Waals surface area contributed by atoms with Gasteiger partial charge in [0.2, 0.25) is 0 Å². The molecule has 0 aliphatic heterocycles. The SMILES string of the molecule is O=Cc1c(F)cccc1OCC1=C(c2ccnn2CCC(F)(F)F)CCCC1. The van der Waals surface area contributed by atoms with Gasteiger partial charge in [-0.25, -0.2) is 4.39 Å². The Balaban J connectivity index is 1.83. The summed E-state index contributed by atoms with van der Waals surface area (Å²) in [6, 6.07) is 5.86. The summed E-state index contributed by atoms with van der Waals surface area (Å²) in [5.41, 5.74) is 2.35. The van der Waals surface area contributed by atoms with E-state index in [2.05, 4.69) is 5.10 Å². The minimum atomic E-state index is -4.25. The number of carbonyl (C=O) groups excluding carboxylic acids is 1. The molecule has 4 nitrogen and oxygen atoms in total. The van der Waals surface area contributed by atoms with E-state index in [4.69, 9.17) is 4.74 Å². The van der Waals surface area contributed by atoms with Crippen LogP contribution in [0.4, 0.5) is 17.6 Å². The van der Waals surface area contributed by atoms with Crippen molar-refractivity contribution in [2.75, 3.05) is 6.61 Å². The zero-order chi connectivity index (χ0) is 20.1. The molecule has 1 heterocycles. The Morgan fingerprint density at radius 2 is 1.96 bits per heavy atom. The predicted octanol–water partition coefficient (Wildman–Crippen LogP) is 5.19. The Morgan fingerprint density at radius 3 is 2.71 bits per heavy atom. The lowest BCUT2D eigenvalue weighted by Crippen LogP contribution is -2.16. The Hall–Kier alpha value is -2.64. The number of ether oxygens (including phenoxy) is 1. The molecule has 3 rings (SSSR count). The molecular formula is C20H20F4N2O2. The molecule has 0 saturated carbocycles. The summed E-state index contributed by atoms with van der Waals surface area (Å²) in [5.74, 6) is -0.506. The van der Waals surface area contributed by atoms with Crippen LogP contribution in [0.1, 0.15) is 48.2 Å². The highest BCUT2D eigenvalue weighted by Gasteiger charge is 2.28. The van der Waals surface area contributed by atoms with Gasteiger partial charge >= 0.3 is 6.18 Å². The molecule has 1 aliphatic carbocycles. The van der Waals surface area contributed by atoms with Crippen LogP contribution in [0.5, 0.6) is 5.75 Å². The van der Waals surface area contributed by atoms with Gasteiger partial charge in [-0.05, 0) is 55.0 Å². The highest BCUT2D eigenvalue weighted by molar-refractivity contribution is 5.79. The summed E-state index contributed by atoms with van der Waals surface area (Å²) < 4.78 is 58.5. The fourth-order valence-corrected chi connectivity index (χ4v) is 3.36. The second kappa shape index (κ2) is 8.58. The van der Waals surface area contributed by atoms with E-state index in [-0.39, 0.29) is 24.5 Å². The molecule has 1 aromatic heterocycles. The third-order valence-electron chi connectivity index (χ3n) is 4.75. The third-order valence-corrected chi connectivity index (χ3v) is 4.75. The second-order valence-corrected chi connectivity index (χ2v) is 6.65. The van der Waals surface area contributed by atoms with Crippen LogP contribution in [-0.4, -0.2) is 28.8 Å². The number of aldehydes is 1. The average Bonchev–Trinajstić information content (AvgIpc) is 3.13. The van der Waals surface area contributed by atoms with E-state index in [0.717, 1.165) is 30.4 Å². The van der Waals surface area contributed by atoms with Gasteiger partial charge < -0.3 is 4.74 Å². The lowest BCUT2D eigenvalue weighted by Gasteiger charge is -2.22. The topological polar surface area (TPSA) is 44.1 Å². The van der Waals surface area contributed by atoms with Gasteiger partial charge in [0.1, 0.15) is 18.2 Å². The number of rotatable bonds is 7. The minimum absolute atomic E-state index is 0.143. The summed E-state index contributed by atoms with van der Waals surface area (Å²) in [6.45, 7) is -0.104. The molecule has 0 fully saturated rings. The van der Waals surface area contributed by atoms with Gasteiger partial charge in [-0.15, -0.1) is 0 Å². The quantitative estimate of drug-likeness (QED) is 0.478. The van der Waals surface area contributed by atoms with Crippen LogP contribution in [0.25, 0.3) is 5.57 Å². The Kier molecular flexibility index (Phi) is 6.16. The van der Waals surface area contributed by atoms with E-state index in [1.807, 2.05) is 0 Å². The summed E-state index contributed by atoms with van der Waals surface area (Å²) in [7, 11) is 0. The molecule has 0 saturated heterocycles. The van der Waals surface area contributed by atoms with E-state index in [9.17, 15) is 22.4 Å². The number of carbonyl (C=O) groups is 1. The van der Waals surface area contributed by atoms with Crippen LogP contribution >= 0.6 is 0 Å². The van der Waals surface area contributed by atoms with Crippen molar-refractivity contribution in [1.29, 1.82) is 0 Å². The number of aromatic nitrogens is 2. The lowest BCUT2D eigenvalue weighted by atomic mass is 9.90. The predicted molar refractivity (Wildman–Crippen MR) is 95.6 cm³/mol. The van der Waals surface area contributed by atoms with Crippen LogP contribution in [-0.2, 0) is 6.54 Å². The maximum atomic E-state index is 13.7. The number of allylic oxidation sites excluding steroid dienone is 1. The Morgan fingerprint density at radius 1 is 1.18 bits per heavy atom. The molecule has 0 bridgehead atoms. The molecule has 0 amide bonds. The highest BCUT2D eigenvalue weighted by Crippen LogP contribution is 2.33. The number of hydrogen-bond donors (Lipinski definition) is 0. The van der Waals surface area contributed by atoms with Crippen molar-refractivity contribution in [2.45, 2.75) is 44.8 Å². The average molecular weight is 396 g/mol. The summed E-state index contributed by atoms with van der Waals surface area (Å²) in [5, 5.41) is 4.03. The van der Waals surface area contributed by atoms with Gasteiger partial charge in [-0.2, -0.15) is 18.3 Å². The lowest BCUT2D eigenvalue weighted by molar-refractivity contribution is -0.137. The molecule has 150 valence electrons. The van der Waals surface area contributed by atoms with Crippen molar-refractivity contribution in [2.24, 2.45) is 0 Å². The largest absolute Gasteiger partial charge is 0.488 e. The van der Waals surface area contributed by atoms with Crippen molar-refractivity contribution in [1.82, 2.24) is 9.78 Å². The smallest absolute Gasteiger partial charge is 0.390 e. The number of aryl methyl sites for hydroxylation is 1. The Bertz CT molecular complexity index is 871. The Labute approximate surface area is 159 Å². The fraction of sp³-hybridized carbons (Fsp3) is 0.400. The number of benzene rings is 1. The number of nitrogens with zero attached hydrogens (tertiary/aromatic N) is 2. The fourth-order valence-electron chi connectivity index (χ4n) is 3.36. The molecule has 0 spiro atoms. The van der Waals surface area contributed by atoms with Gasteiger partial charge in [0.15, 0.2) is 6.29 Å². The molecule has 1 aromatic carbocycles. The first-order valence-electron chi connectivity index (χ1n) is 9.05. The van der Waals surface area contributed by atoms with Gasteiger partial charge in [0.25, 0.3) is 0 Å². The van der Waals surface area contributed by atoms with Crippen LogP contribution < -0.4 is 4.74 Å². The van der Waals surface area contributed by atoms with Crippen molar-refractivity contribution >= 4 is 11.9 Å². The van der Waals surface area contributed by atoms with E-state index in [0.29, 0.717) is 18.4 Å². The van der Waals surface area contributed by atoms with E-state index >= 15 is 0 Å². The summed E-state index contributed by atoms with van der Waals surface area (Å²) in [6.07, 6.45) is -0.0155. The molecule has 2 aromatic rings. The molecule has 28 heavy (non-hydrogen) atoms. The van der Waals surface area contributed by atoms with E-state index in [1.54, 1.807) is 6.07 Å². The van der Waals surface area contributed by atoms with Gasteiger partial charge in [0.05, 0.1) is 24.2 Å². The van der Waals surface area contributed by atoms with Crippen LogP contribution in [0, 0.1) is 5.82 Å². The van der Waals surface area contributed by atoms with E-state index < -0.39 is 18.4 Å². The number of hydrogen-bond acceptors (Lipinski definition) is 3. The number of halogens is 4. The van der Waals surface area contributed by atoms with Crippen molar-refractivity contribution < 1.29 is 27.1 Å². The van der Waals surface area contributed by atoms with E-state index in [1.165, 1.54) is 29.1 Å². The first-order chi connectivity index (χ1) is 13.4. The summed E-state index contributed by atoms with van der Waals surface area (Å²) in [4.78, 5) is 11.1. The standard InChI is InChI=1S/C20H20F4N2O2/c21-17-6-3-7-19(16(17)12-27)28-13-14-4-1-2-5-15(14)18-8-10-25-26(18)11-9-20(22,23)24/h3,6-8,10,12H,1-2,4-5,9,11,13H2. The first-order valence-corrected chi connectivity index (χ1v) is 9.05. The normalized spacial score (nSPS) is 15.0. The zero-order valence-electron chi connectivity index (χ0n) is 15.1. The highest BCUT2D eigenvalue weighted by atomic mass is 19.4. The second-order valence-electron chi connectivity index (χ2n) is 6.65. The molecular weight excluding hydrogens is 376 g/mol. The molecule has 8 heteroatoms. The molecule has 0 radical (unpaired) electrons. The number of alkyl halides is 3. The van der Waals surface area contributed by atoms with Crippen LogP contribution in [0.2, 0.25) is 0 Å². The van der Waals surface area contributed by atoms with Gasteiger partial charge in [-0.1, -0.05) is 6.07 Å². The van der Waals surface area contributed by atoms with Crippen molar-refractivity contribution in [3.05, 3.63) is 53.1 Å². The first kappa shape index (κ1) is 20.1.